The van der Waals surface area contributed by atoms with E-state index in [9.17, 15) is 24.0 Å². The lowest BCUT2D eigenvalue weighted by atomic mass is 10.0. The molecule has 0 saturated heterocycles. The molecule has 1 unspecified atom stereocenters. The predicted octanol–water partition coefficient (Wildman–Crippen LogP) is 4.71. The Balaban J connectivity index is 1.60. The van der Waals surface area contributed by atoms with Gasteiger partial charge in [0.2, 0.25) is 17.7 Å². The number of benzene rings is 2. The third-order valence-corrected chi connectivity index (χ3v) is 8.79. The lowest BCUT2D eigenvalue weighted by Gasteiger charge is -2.25. The van der Waals surface area contributed by atoms with Crippen molar-refractivity contribution >= 4 is 63.4 Å². The number of hydrogen-bond donors (Lipinski definition) is 3. The molecule has 10 nitrogen and oxygen atoms in total. The van der Waals surface area contributed by atoms with Crippen molar-refractivity contribution < 1.29 is 33.8 Å². The highest BCUT2D eigenvalue weighted by Crippen LogP contribution is 2.41. The Kier molecular flexibility index (Phi) is 9.79. The quantitative estimate of drug-likeness (QED) is 0.226. The van der Waals surface area contributed by atoms with Crippen LogP contribution in [0.1, 0.15) is 51.4 Å². The topological polar surface area (TPSA) is 142 Å². The van der Waals surface area contributed by atoms with Crippen molar-refractivity contribution in [2.75, 3.05) is 24.3 Å². The van der Waals surface area contributed by atoms with Crippen LogP contribution in [0.2, 0.25) is 0 Å². The van der Waals surface area contributed by atoms with Gasteiger partial charge in [0.25, 0.3) is 0 Å². The molecule has 0 aliphatic carbocycles. The van der Waals surface area contributed by atoms with Gasteiger partial charge in [0.1, 0.15) is 10.3 Å². The van der Waals surface area contributed by atoms with Gasteiger partial charge in [0.15, 0.2) is 0 Å². The molecule has 2 aromatic carbocycles. The number of methoxy groups -OCH3 is 1. The van der Waals surface area contributed by atoms with Crippen LogP contribution in [0.5, 0.6) is 0 Å². The number of amides is 3. The first-order valence-electron chi connectivity index (χ1n) is 12.8. The molecule has 0 spiro atoms. The molecule has 0 saturated carbocycles. The number of carbonyl (C=O) groups excluding carboxylic acids is 4. The van der Waals surface area contributed by atoms with E-state index in [4.69, 9.17) is 9.84 Å². The number of esters is 1. The molecule has 2 heterocycles. The number of hydrogen-bond acceptors (Lipinski definition) is 8. The van der Waals surface area contributed by atoms with Crippen LogP contribution in [0.25, 0.3) is 0 Å². The number of fused-ring (bicyclic) bond motifs is 1. The van der Waals surface area contributed by atoms with Gasteiger partial charge >= 0.3 is 11.9 Å². The minimum atomic E-state index is -1.06. The zero-order valence-electron chi connectivity index (χ0n) is 22.5. The van der Waals surface area contributed by atoms with Crippen molar-refractivity contribution in [3.8, 4) is 0 Å². The maximum atomic E-state index is 13.8. The second-order valence-electron chi connectivity index (χ2n) is 9.26. The third kappa shape index (κ3) is 7.53. The van der Waals surface area contributed by atoms with Crippen LogP contribution in [0.15, 0.2) is 59.5 Å². The fourth-order valence-electron chi connectivity index (χ4n) is 4.38. The highest BCUT2D eigenvalue weighted by Gasteiger charge is 2.32. The fourth-order valence-corrected chi connectivity index (χ4v) is 6.72. The Labute approximate surface area is 245 Å². The number of thioether (sulfide) groups is 1. The number of carboxylic acid groups (broad SMARTS) is 1. The number of carbonyl (C=O) groups is 5. The SMILES string of the molecule is COC(=O)c1c(NC(=O)C(Sc2cccc(NC(=O)CCC(=O)O)c2)c2ccccc2)sc2c1CCN(C(C)=O)C2. The lowest BCUT2D eigenvalue weighted by Crippen LogP contribution is -2.33. The largest absolute Gasteiger partial charge is 0.481 e. The van der Waals surface area contributed by atoms with Crippen LogP contribution in [0.3, 0.4) is 0 Å². The normalized spacial score (nSPS) is 13.1. The minimum absolute atomic E-state index is 0.0601. The molecule has 41 heavy (non-hydrogen) atoms. The summed E-state index contributed by atoms with van der Waals surface area (Å²) in [5, 5.41) is 14.1. The highest BCUT2D eigenvalue weighted by atomic mass is 32.2. The van der Waals surface area contributed by atoms with Crippen LogP contribution in [-0.4, -0.2) is 53.3 Å². The monoisotopic (exact) mass is 595 g/mol. The highest BCUT2D eigenvalue weighted by molar-refractivity contribution is 8.00. The summed E-state index contributed by atoms with van der Waals surface area (Å²) in [6.07, 6.45) is 0.0514. The second-order valence-corrected chi connectivity index (χ2v) is 11.5. The summed E-state index contributed by atoms with van der Waals surface area (Å²) < 4.78 is 5.04. The molecule has 214 valence electrons. The number of carboxylic acids is 1. The van der Waals surface area contributed by atoms with Crippen molar-refractivity contribution in [3.63, 3.8) is 0 Å². The summed E-state index contributed by atoms with van der Waals surface area (Å²) >= 11 is 2.53. The first-order valence-corrected chi connectivity index (χ1v) is 14.5. The van der Waals surface area contributed by atoms with Crippen molar-refractivity contribution in [1.82, 2.24) is 4.90 Å². The summed E-state index contributed by atoms with van der Waals surface area (Å²) in [5.74, 6) is -2.45. The van der Waals surface area contributed by atoms with Crippen LogP contribution in [-0.2, 0) is 36.9 Å². The molecule has 0 radical (unpaired) electrons. The van der Waals surface area contributed by atoms with E-state index in [2.05, 4.69) is 10.6 Å². The van der Waals surface area contributed by atoms with E-state index in [1.165, 1.54) is 37.1 Å². The van der Waals surface area contributed by atoms with Gasteiger partial charge in [-0.3, -0.25) is 19.2 Å². The van der Waals surface area contributed by atoms with Crippen molar-refractivity contribution in [1.29, 1.82) is 0 Å². The maximum absolute atomic E-state index is 13.8. The van der Waals surface area contributed by atoms with Crippen molar-refractivity contribution in [2.24, 2.45) is 0 Å². The predicted molar refractivity (Wildman–Crippen MR) is 156 cm³/mol. The Hall–Kier alpha value is -4.16. The molecule has 1 aliphatic heterocycles. The van der Waals surface area contributed by atoms with E-state index in [0.717, 1.165) is 16.0 Å². The molecule has 3 amide bonds. The number of rotatable bonds is 10. The first kappa shape index (κ1) is 29.8. The molecule has 0 bridgehead atoms. The summed E-state index contributed by atoms with van der Waals surface area (Å²) in [5.41, 5.74) is 2.30. The maximum Gasteiger partial charge on any atom is 0.341 e. The summed E-state index contributed by atoms with van der Waals surface area (Å²) in [4.78, 5) is 64.7. The number of ether oxygens (including phenoxy) is 1. The van der Waals surface area contributed by atoms with E-state index in [-0.39, 0.29) is 24.7 Å². The molecule has 1 atom stereocenters. The molecule has 3 N–H and O–H groups in total. The number of anilines is 2. The molecule has 3 aromatic rings. The van der Waals surface area contributed by atoms with E-state index < -0.39 is 23.1 Å². The Bertz CT molecular complexity index is 1470. The van der Waals surface area contributed by atoms with Gasteiger partial charge < -0.3 is 25.4 Å². The first-order chi connectivity index (χ1) is 19.7. The standard InChI is InChI=1S/C29H29N3O7S2/c1-17(33)32-14-13-21-22(16-32)41-28(25(21)29(38)39-2)31-27(37)26(18-7-4-3-5-8-18)40-20-10-6-9-19(15-20)30-23(34)11-12-24(35)36/h3-10,15,26H,11-14,16H2,1-2H3,(H,30,34)(H,31,37)(H,35,36). The van der Waals surface area contributed by atoms with Crippen LogP contribution in [0.4, 0.5) is 10.7 Å². The van der Waals surface area contributed by atoms with E-state index in [1.54, 1.807) is 29.2 Å². The summed E-state index contributed by atoms with van der Waals surface area (Å²) in [6, 6.07) is 16.1. The van der Waals surface area contributed by atoms with Crippen LogP contribution >= 0.6 is 23.1 Å². The van der Waals surface area contributed by atoms with Gasteiger partial charge in [-0.05, 0) is 35.7 Å². The zero-order valence-corrected chi connectivity index (χ0v) is 24.1. The van der Waals surface area contributed by atoms with Gasteiger partial charge in [0, 0.05) is 35.3 Å². The van der Waals surface area contributed by atoms with E-state index >= 15 is 0 Å². The second kappa shape index (κ2) is 13.5. The number of nitrogens with zero attached hydrogens (tertiary/aromatic N) is 1. The average molecular weight is 596 g/mol. The van der Waals surface area contributed by atoms with Crippen LogP contribution in [0, 0.1) is 0 Å². The third-order valence-electron chi connectivity index (χ3n) is 6.41. The molecular formula is C29H29N3O7S2. The lowest BCUT2D eigenvalue weighted by molar-refractivity contribution is -0.138. The Morgan fingerprint density at radius 3 is 2.49 bits per heavy atom. The Morgan fingerprint density at radius 1 is 1.05 bits per heavy atom. The van der Waals surface area contributed by atoms with Gasteiger partial charge in [-0.15, -0.1) is 23.1 Å². The summed E-state index contributed by atoms with van der Waals surface area (Å²) in [6.45, 7) is 2.33. The van der Waals surface area contributed by atoms with Gasteiger partial charge in [0.05, 0.1) is 25.6 Å². The van der Waals surface area contributed by atoms with Crippen LogP contribution < -0.4 is 10.6 Å². The smallest absolute Gasteiger partial charge is 0.341 e. The van der Waals surface area contributed by atoms with Crippen molar-refractivity contribution in [3.05, 3.63) is 76.2 Å². The molecular weight excluding hydrogens is 566 g/mol. The molecule has 1 aliphatic rings. The minimum Gasteiger partial charge on any atom is -0.481 e. The molecule has 12 heteroatoms. The number of aliphatic carboxylic acids is 1. The summed E-state index contributed by atoms with van der Waals surface area (Å²) in [7, 11) is 1.29. The van der Waals surface area contributed by atoms with Gasteiger partial charge in [-0.2, -0.15) is 0 Å². The number of thiophene rings is 1. The molecule has 1 aromatic heterocycles. The average Bonchev–Trinajstić information content (AvgIpc) is 3.31. The van der Waals surface area contributed by atoms with E-state index in [0.29, 0.717) is 40.7 Å². The van der Waals surface area contributed by atoms with E-state index in [1.807, 2.05) is 30.3 Å². The van der Waals surface area contributed by atoms with Crippen molar-refractivity contribution in [2.45, 2.75) is 42.9 Å². The number of nitrogens with one attached hydrogen (secondary N) is 2. The van der Waals surface area contributed by atoms with Gasteiger partial charge in [-0.1, -0.05) is 36.4 Å². The molecule has 0 fully saturated rings. The zero-order chi connectivity index (χ0) is 29.5. The van der Waals surface area contributed by atoms with Gasteiger partial charge in [-0.25, -0.2) is 4.79 Å². The fraction of sp³-hybridized carbons (Fsp3) is 0.276. The Morgan fingerprint density at radius 2 is 1.80 bits per heavy atom. The molecule has 4 rings (SSSR count).